The standard InChI is InChI=1S/C24H21NO3/c1-17-7-9-18(10-8-17)15-19-16-23(26)25(24(19)27)20-11-13-22(14-12-20)28-21-5-3-2-4-6-21/h2-14,19H,15-16H2,1H3/t19-/m1/s1. The van der Waals surface area contributed by atoms with Crippen LogP contribution in [-0.4, -0.2) is 11.8 Å². The van der Waals surface area contributed by atoms with Crippen LogP contribution in [-0.2, 0) is 16.0 Å². The van der Waals surface area contributed by atoms with Crippen molar-refractivity contribution < 1.29 is 14.3 Å². The number of ether oxygens (including phenoxy) is 1. The molecule has 0 bridgehead atoms. The molecule has 0 unspecified atom stereocenters. The molecule has 1 heterocycles. The first kappa shape index (κ1) is 18.0. The topological polar surface area (TPSA) is 46.6 Å². The van der Waals surface area contributed by atoms with E-state index in [9.17, 15) is 9.59 Å². The number of para-hydroxylation sites is 1. The van der Waals surface area contributed by atoms with Crippen LogP contribution in [0.5, 0.6) is 11.5 Å². The highest BCUT2D eigenvalue weighted by molar-refractivity contribution is 6.21. The summed E-state index contributed by atoms with van der Waals surface area (Å²) in [5.41, 5.74) is 2.84. The minimum absolute atomic E-state index is 0.137. The van der Waals surface area contributed by atoms with Crippen molar-refractivity contribution >= 4 is 17.5 Å². The molecule has 1 atom stereocenters. The molecular weight excluding hydrogens is 350 g/mol. The van der Waals surface area contributed by atoms with Crippen molar-refractivity contribution in [1.82, 2.24) is 0 Å². The summed E-state index contributed by atoms with van der Waals surface area (Å²) < 4.78 is 5.77. The lowest BCUT2D eigenvalue weighted by molar-refractivity contribution is -0.122. The number of hydrogen-bond acceptors (Lipinski definition) is 3. The lowest BCUT2D eigenvalue weighted by Gasteiger charge is -2.16. The molecule has 4 rings (SSSR count). The van der Waals surface area contributed by atoms with Gasteiger partial charge < -0.3 is 4.74 Å². The third-order valence-electron chi connectivity index (χ3n) is 4.92. The average molecular weight is 371 g/mol. The first-order chi connectivity index (χ1) is 13.6. The first-order valence-corrected chi connectivity index (χ1v) is 9.35. The molecule has 1 saturated heterocycles. The summed E-state index contributed by atoms with van der Waals surface area (Å²) in [4.78, 5) is 26.6. The van der Waals surface area contributed by atoms with Crippen molar-refractivity contribution in [3.05, 3.63) is 90.0 Å². The molecule has 3 aromatic carbocycles. The summed E-state index contributed by atoms with van der Waals surface area (Å²) in [6.45, 7) is 2.03. The Morgan fingerprint density at radius 1 is 0.857 bits per heavy atom. The van der Waals surface area contributed by atoms with E-state index in [-0.39, 0.29) is 24.2 Å². The average Bonchev–Trinajstić information content (AvgIpc) is 2.98. The van der Waals surface area contributed by atoms with Crippen molar-refractivity contribution in [3.8, 4) is 11.5 Å². The van der Waals surface area contributed by atoms with Crippen LogP contribution in [0, 0.1) is 12.8 Å². The molecule has 1 aliphatic rings. The van der Waals surface area contributed by atoms with Crippen LogP contribution < -0.4 is 9.64 Å². The van der Waals surface area contributed by atoms with E-state index in [0.717, 1.165) is 11.3 Å². The van der Waals surface area contributed by atoms with Gasteiger partial charge in [0.15, 0.2) is 0 Å². The zero-order valence-electron chi connectivity index (χ0n) is 15.7. The fraction of sp³-hybridized carbons (Fsp3) is 0.167. The third-order valence-corrected chi connectivity index (χ3v) is 4.92. The van der Waals surface area contributed by atoms with Gasteiger partial charge in [0, 0.05) is 6.42 Å². The molecule has 1 aliphatic heterocycles. The fourth-order valence-corrected chi connectivity index (χ4v) is 3.42. The van der Waals surface area contributed by atoms with E-state index in [0.29, 0.717) is 17.9 Å². The predicted octanol–water partition coefficient (Wildman–Crippen LogP) is 4.91. The summed E-state index contributed by atoms with van der Waals surface area (Å²) in [6, 6.07) is 24.6. The first-order valence-electron chi connectivity index (χ1n) is 9.35. The molecule has 0 N–H and O–H groups in total. The molecule has 28 heavy (non-hydrogen) atoms. The molecule has 3 aromatic rings. The molecule has 1 fully saturated rings. The maximum atomic E-state index is 12.8. The molecule has 4 heteroatoms. The second kappa shape index (κ2) is 7.69. The number of benzene rings is 3. The van der Waals surface area contributed by atoms with Crippen LogP contribution >= 0.6 is 0 Å². The highest BCUT2D eigenvalue weighted by Gasteiger charge is 2.39. The van der Waals surface area contributed by atoms with E-state index in [4.69, 9.17) is 4.74 Å². The number of nitrogens with zero attached hydrogens (tertiary/aromatic N) is 1. The second-order valence-electron chi connectivity index (χ2n) is 7.07. The van der Waals surface area contributed by atoms with Gasteiger partial charge in [0.2, 0.25) is 11.8 Å². The van der Waals surface area contributed by atoms with Gasteiger partial charge in [-0.15, -0.1) is 0 Å². The summed E-state index contributed by atoms with van der Waals surface area (Å²) in [6.07, 6.45) is 0.825. The molecule has 0 aromatic heterocycles. The van der Waals surface area contributed by atoms with Gasteiger partial charge in [0.1, 0.15) is 11.5 Å². The highest BCUT2D eigenvalue weighted by atomic mass is 16.5. The lowest BCUT2D eigenvalue weighted by atomic mass is 9.97. The fourth-order valence-electron chi connectivity index (χ4n) is 3.42. The van der Waals surface area contributed by atoms with Gasteiger partial charge >= 0.3 is 0 Å². The van der Waals surface area contributed by atoms with Crippen molar-refractivity contribution in [2.24, 2.45) is 5.92 Å². The number of anilines is 1. The Balaban J connectivity index is 1.47. The molecule has 140 valence electrons. The van der Waals surface area contributed by atoms with Crippen LogP contribution in [0.15, 0.2) is 78.9 Å². The Labute approximate surface area is 164 Å². The Hall–Kier alpha value is -3.40. The Bertz CT molecular complexity index is 979. The van der Waals surface area contributed by atoms with E-state index < -0.39 is 0 Å². The number of amides is 2. The van der Waals surface area contributed by atoms with Crippen molar-refractivity contribution in [1.29, 1.82) is 0 Å². The van der Waals surface area contributed by atoms with E-state index >= 15 is 0 Å². The van der Waals surface area contributed by atoms with Crippen molar-refractivity contribution in [2.45, 2.75) is 19.8 Å². The van der Waals surface area contributed by atoms with E-state index in [1.54, 1.807) is 24.3 Å². The third kappa shape index (κ3) is 3.81. The highest BCUT2D eigenvalue weighted by Crippen LogP contribution is 2.31. The van der Waals surface area contributed by atoms with E-state index in [1.807, 2.05) is 61.5 Å². The van der Waals surface area contributed by atoms with Gasteiger partial charge in [-0.05, 0) is 55.3 Å². The predicted molar refractivity (Wildman–Crippen MR) is 108 cm³/mol. The van der Waals surface area contributed by atoms with Crippen LogP contribution in [0.1, 0.15) is 17.5 Å². The van der Waals surface area contributed by atoms with Gasteiger partial charge in [0.25, 0.3) is 0 Å². The number of imide groups is 1. The molecule has 0 spiro atoms. The largest absolute Gasteiger partial charge is 0.457 e. The number of rotatable bonds is 5. The molecule has 0 saturated carbocycles. The van der Waals surface area contributed by atoms with Gasteiger partial charge in [-0.25, -0.2) is 0 Å². The van der Waals surface area contributed by atoms with Crippen molar-refractivity contribution in [3.63, 3.8) is 0 Å². The minimum atomic E-state index is -0.310. The number of aryl methyl sites for hydroxylation is 1. The summed E-state index contributed by atoms with van der Waals surface area (Å²) in [5, 5.41) is 0. The lowest BCUT2D eigenvalue weighted by Crippen LogP contribution is -2.30. The maximum absolute atomic E-state index is 12.8. The number of carbonyl (C=O) groups is 2. The smallest absolute Gasteiger partial charge is 0.237 e. The molecule has 4 nitrogen and oxygen atoms in total. The summed E-state index contributed by atoms with van der Waals surface area (Å²) >= 11 is 0. The van der Waals surface area contributed by atoms with E-state index in [1.165, 1.54) is 10.5 Å². The summed E-state index contributed by atoms with van der Waals surface area (Å²) in [7, 11) is 0. The quantitative estimate of drug-likeness (QED) is 0.599. The van der Waals surface area contributed by atoms with Crippen LogP contribution in [0.3, 0.4) is 0 Å². The van der Waals surface area contributed by atoms with E-state index in [2.05, 4.69) is 0 Å². The molecule has 0 radical (unpaired) electrons. The van der Waals surface area contributed by atoms with Gasteiger partial charge in [-0.1, -0.05) is 48.0 Å². The summed E-state index contributed by atoms with van der Waals surface area (Å²) in [5.74, 6) is 0.795. The van der Waals surface area contributed by atoms with Crippen molar-refractivity contribution in [2.75, 3.05) is 4.90 Å². The van der Waals surface area contributed by atoms with Crippen LogP contribution in [0.2, 0.25) is 0 Å². The molecule has 0 aliphatic carbocycles. The Morgan fingerprint density at radius 3 is 2.18 bits per heavy atom. The Kier molecular flexibility index (Phi) is 4.94. The minimum Gasteiger partial charge on any atom is -0.457 e. The van der Waals surface area contributed by atoms with Crippen LogP contribution in [0.4, 0.5) is 5.69 Å². The maximum Gasteiger partial charge on any atom is 0.237 e. The monoisotopic (exact) mass is 371 g/mol. The zero-order chi connectivity index (χ0) is 19.5. The zero-order valence-corrected chi connectivity index (χ0v) is 15.7. The number of hydrogen-bond donors (Lipinski definition) is 0. The Morgan fingerprint density at radius 2 is 1.50 bits per heavy atom. The van der Waals surface area contributed by atoms with Gasteiger partial charge in [0.05, 0.1) is 11.6 Å². The molecule has 2 amide bonds. The van der Waals surface area contributed by atoms with Gasteiger partial charge in [-0.3, -0.25) is 14.5 Å². The normalized spacial score (nSPS) is 16.5. The van der Waals surface area contributed by atoms with Crippen LogP contribution in [0.25, 0.3) is 0 Å². The SMILES string of the molecule is Cc1ccc(C[C@@H]2CC(=O)N(c3ccc(Oc4ccccc4)cc3)C2=O)cc1. The second-order valence-corrected chi connectivity index (χ2v) is 7.07. The van der Waals surface area contributed by atoms with Gasteiger partial charge in [-0.2, -0.15) is 0 Å². The molecular formula is C24H21NO3. The number of carbonyl (C=O) groups excluding carboxylic acids is 2.